The van der Waals surface area contributed by atoms with Crippen LogP contribution >= 0.6 is 0 Å². The number of rotatable bonds is 6. The topological polar surface area (TPSA) is 68.0 Å². The minimum atomic E-state index is -0.470. The summed E-state index contributed by atoms with van der Waals surface area (Å²) in [6.07, 6.45) is 0.519. The van der Waals surface area contributed by atoms with E-state index < -0.39 is 5.92 Å². The first-order valence-electron chi connectivity index (χ1n) is 9.89. The highest BCUT2D eigenvalue weighted by Crippen LogP contribution is 2.26. The van der Waals surface area contributed by atoms with Crippen LogP contribution in [0.25, 0.3) is 0 Å². The predicted molar refractivity (Wildman–Crippen MR) is 116 cm³/mol. The van der Waals surface area contributed by atoms with Gasteiger partial charge in [0.25, 0.3) is 0 Å². The Labute approximate surface area is 175 Å². The number of nitrogens with one attached hydrogen (secondary N) is 1. The van der Waals surface area contributed by atoms with Gasteiger partial charge in [-0.2, -0.15) is 0 Å². The normalized spacial score (nSPS) is 10.9. The molecule has 1 aromatic heterocycles. The molecule has 0 spiro atoms. The molecule has 4 aromatic rings. The fraction of sp³-hybridized carbons (Fsp3) is 0.160. The van der Waals surface area contributed by atoms with Crippen LogP contribution in [-0.4, -0.2) is 16.1 Å². The van der Waals surface area contributed by atoms with E-state index in [1.54, 1.807) is 0 Å². The maximum atomic E-state index is 13.1. The molecule has 1 amide bonds. The fourth-order valence-electron chi connectivity index (χ4n) is 3.43. The van der Waals surface area contributed by atoms with Gasteiger partial charge in [0, 0.05) is 0 Å². The third kappa shape index (κ3) is 4.46. The molecule has 0 atom stereocenters. The van der Waals surface area contributed by atoms with Crippen molar-refractivity contribution in [3.63, 3.8) is 0 Å². The Morgan fingerprint density at radius 1 is 0.867 bits per heavy atom. The fourth-order valence-corrected chi connectivity index (χ4v) is 3.43. The van der Waals surface area contributed by atoms with Crippen LogP contribution in [0.5, 0.6) is 0 Å². The summed E-state index contributed by atoms with van der Waals surface area (Å²) in [5, 5.41) is 10.9. The highest BCUT2D eigenvalue weighted by molar-refractivity contribution is 5.96. The number of hydrogen-bond acceptors (Lipinski definition) is 4. The molecular formula is C25H23N3O2. The van der Waals surface area contributed by atoms with E-state index in [1.165, 1.54) is 11.1 Å². The number of aryl methyl sites for hydroxylation is 2. The Morgan fingerprint density at radius 3 is 2.10 bits per heavy atom. The van der Waals surface area contributed by atoms with E-state index in [-0.39, 0.29) is 11.9 Å². The zero-order valence-electron chi connectivity index (χ0n) is 17.0. The quantitative estimate of drug-likeness (QED) is 0.494. The molecule has 1 N–H and O–H groups in total. The van der Waals surface area contributed by atoms with Crippen LogP contribution in [0.4, 0.5) is 6.01 Å². The van der Waals surface area contributed by atoms with Gasteiger partial charge < -0.3 is 4.42 Å². The van der Waals surface area contributed by atoms with Gasteiger partial charge in [0.05, 0.1) is 12.3 Å². The van der Waals surface area contributed by atoms with E-state index in [0.717, 1.165) is 16.7 Å². The Bertz CT molecular complexity index is 1100. The van der Waals surface area contributed by atoms with E-state index in [2.05, 4.69) is 41.5 Å². The first-order chi connectivity index (χ1) is 14.6. The molecule has 0 aliphatic rings. The van der Waals surface area contributed by atoms with Crippen LogP contribution in [0.15, 0.2) is 83.3 Å². The van der Waals surface area contributed by atoms with E-state index in [9.17, 15) is 4.79 Å². The molecule has 0 saturated carbocycles. The highest BCUT2D eigenvalue weighted by atomic mass is 16.4. The SMILES string of the molecule is Cc1ccc(Cc2nnc(NC(=O)C(c3ccccc3)c3ccccc3)o2)cc1C. The summed E-state index contributed by atoms with van der Waals surface area (Å²) in [6.45, 7) is 4.15. The lowest BCUT2D eigenvalue weighted by Crippen LogP contribution is -2.22. The van der Waals surface area contributed by atoms with Crippen molar-refractivity contribution in [2.75, 3.05) is 5.32 Å². The van der Waals surface area contributed by atoms with Gasteiger partial charge in [-0.3, -0.25) is 10.1 Å². The lowest BCUT2D eigenvalue weighted by molar-refractivity contribution is -0.116. The Morgan fingerprint density at radius 2 is 1.50 bits per heavy atom. The van der Waals surface area contributed by atoms with Gasteiger partial charge in [-0.05, 0) is 41.7 Å². The minimum Gasteiger partial charge on any atom is -0.407 e. The number of benzene rings is 3. The largest absolute Gasteiger partial charge is 0.407 e. The summed E-state index contributed by atoms with van der Waals surface area (Å²) in [5.74, 6) is -0.221. The summed E-state index contributed by atoms with van der Waals surface area (Å²) in [5.41, 5.74) is 5.34. The lowest BCUT2D eigenvalue weighted by Gasteiger charge is -2.16. The zero-order valence-corrected chi connectivity index (χ0v) is 17.0. The van der Waals surface area contributed by atoms with Crippen LogP contribution in [0.2, 0.25) is 0 Å². The molecule has 5 heteroatoms. The molecule has 30 heavy (non-hydrogen) atoms. The van der Waals surface area contributed by atoms with Crippen LogP contribution < -0.4 is 5.32 Å². The summed E-state index contributed by atoms with van der Waals surface area (Å²) in [6, 6.07) is 25.7. The van der Waals surface area contributed by atoms with E-state index in [0.29, 0.717) is 12.3 Å². The second kappa shape index (κ2) is 8.74. The van der Waals surface area contributed by atoms with Gasteiger partial charge in [-0.15, -0.1) is 5.10 Å². The molecule has 0 bridgehead atoms. The minimum absolute atomic E-state index is 0.107. The summed E-state index contributed by atoms with van der Waals surface area (Å²) in [4.78, 5) is 13.1. The maximum absolute atomic E-state index is 13.1. The van der Waals surface area contributed by atoms with Crippen LogP contribution in [0.3, 0.4) is 0 Å². The first-order valence-corrected chi connectivity index (χ1v) is 9.89. The third-order valence-electron chi connectivity index (χ3n) is 5.15. The zero-order chi connectivity index (χ0) is 20.9. The molecule has 0 saturated heterocycles. The number of nitrogens with zero attached hydrogens (tertiary/aromatic N) is 2. The van der Waals surface area contributed by atoms with Gasteiger partial charge >= 0.3 is 6.01 Å². The highest BCUT2D eigenvalue weighted by Gasteiger charge is 2.24. The van der Waals surface area contributed by atoms with Crippen LogP contribution in [0, 0.1) is 13.8 Å². The van der Waals surface area contributed by atoms with Crippen molar-refractivity contribution in [3.05, 3.63) is 113 Å². The van der Waals surface area contributed by atoms with Crippen molar-refractivity contribution < 1.29 is 9.21 Å². The van der Waals surface area contributed by atoms with Gasteiger partial charge in [0.2, 0.25) is 11.8 Å². The molecule has 0 radical (unpaired) electrons. The number of amides is 1. The summed E-state index contributed by atoms with van der Waals surface area (Å²) >= 11 is 0. The third-order valence-corrected chi connectivity index (χ3v) is 5.15. The Hall–Kier alpha value is -3.73. The molecule has 5 nitrogen and oxygen atoms in total. The summed E-state index contributed by atoms with van der Waals surface area (Å²) < 4.78 is 5.70. The van der Waals surface area contributed by atoms with E-state index in [4.69, 9.17) is 4.42 Å². The molecular weight excluding hydrogens is 374 g/mol. The lowest BCUT2D eigenvalue weighted by atomic mass is 9.90. The van der Waals surface area contributed by atoms with E-state index in [1.807, 2.05) is 66.7 Å². The molecule has 1 heterocycles. The average molecular weight is 397 g/mol. The number of aromatic nitrogens is 2. The predicted octanol–water partition coefficient (Wildman–Crippen LogP) is 5.05. The van der Waals surface area contributed by atoms with Crippen molar-refractivity contribution in [2.45, 2.75) is 26.2 Å². The molecule has 0 aliphatic heterocycles. The van der Waals surface area contributed by atoms with Crippen LogP contribution in [-0.2, 0) is 11.2 Å². The van der Waals surface area contributed by atoms with Gasteiger partial charge in [-0.25, -0.2) is 0 Å². The average Bonchev–Trinajstić information content (AvgIpc) is 3.19. The monoisotopic (exact) mass is 397 g/mol. The molecule has 150 valence electrons. The van der Waals surface area contributed by atoms with Crippen molar-refractivity contribution in [3.8, 4) is 0 Å². The maximum Gasteiger partial charge on any atom is 0.322 e. The standard InChI is InChI=1S/C25H23N3O2/c1-17-13-14-19(15-18(17)2)16-22-27-28-25(30-22)26-24(29)23(20-9-5-3-6-10-20)21-11-7-4-8-12-21/h3-15,23H,16H2,1-2H3,(H,26,28,29). The van der Waals surface area contributed by atoms with E-state index >= 15 is 0 Å². The van der Waals surface area contributed by atoms with Crippen molar-refractivity contribution in [2.24, 2.45) is 0 Å². The van der Waals surface area contributed by atoms with Gasteiger partial charge in [0.15, 0.2) is 0 Å². The second-order valence-electron chi connectivity index (χ2n) is 7.34. The van der Waals surface area contributed by atoms with Crippen molar-refractivity contribution in [1.82, 2.24) is 10.2 Å². The molecule has 4 rings (SSSR count). The second-order valence-corrected chi connectivity index (χ2v) is 7.34. The van der Waals surface area contributed by atoms with Crippen molar-refractivity contribution >= 4 is 11.9 Å². The van der Waals surface area contributed by atoms with Crippen LogP contribution in [0.1, 0.15) is 39.6 Å². The molecule has 0 unspecified atom stereocenters. The Balaban J connectivity index is 1.52. The molecule has 3 aromatic carbocycles. The smallest absolute Gasteiger partial charge is 0.322 e. The van der Waals surface area contributed by atoms with Crippen molar-refractivity contribution in [1.29, 1.82) is 0 Å². The number of carbonyl (C=O) groups is 1. The molecule has 0 aliphatic carbocycles. The van der Waals surface area contributed by atoms with Gasteiger partial charge in [-0.1, -0.05) is 84.0 Å². The number of anilines is 1. The van der Waals surface area contributed by atoms with Gasteiger partial charge in [0.1, 0.15) is 0 Å². The summed E-state index contributed by atoms with van der Waals surface area (Å²) in [7, 11) is 0. The molecule has 0 fully saturated rings. The number of hydrogen-bond donors (Lipinski definition) is 1. The first kappa shape index (κ1) is 19.6. The Kier molecular flexibility index (Phi) is 5.70. The number of carbonyl (C=O) groups excluding carboxylic acids is 1.